The molecule has 0 aliphatic heterocycles. The van der Waals surface area contributed by atoms with E-state index in [1.54, 1.807) is 24.8 Å². The summed E-state index contributed by atoms with van der Waals surface area (Å²) in [5.41, 5.74) is 7.36. The summed E-state index contributed by atoms with van der Waals surface area (Å²) < 4.78 is 5.89. The van der Waals surface area contributed by atoms with E-state index < -0.39 is 0 Å². The molecule has 0 atom stereocenters. The third kappa shape index (κ3) is 5.04. The molecule has 5 rings (SSSR count). The van der Waals surface area contributed by atoms with Gasteiger partial charge in [-0.3, -0.25) is 9.97 Å². The zero-order valence-corrected chi connectivity index (χ0v) is 20.0. The number of anilines is 2. The molecule has 3 N–H and O–H groups in total. The lowest BCUT2D eigenvalue weighted by Crippen LogP contribution is -2.20. The fraction of sp³-hybridized carbons (Fsp3) is 0.138. The van der Waals surface area contributed by atoms with Crippen molar-refractivity contribution in [3.63, 3.8) is 0 Å². The van der Waals surface area contributed by atoms with Gasteiger partial charge in [0.25, 0.3) is 0 Å². The number of aromatic nitrogens is 3. The first-order valence-corrected chi connectivity index (χ1v) is 11.8. The largest absolute Gasteiger partial charge is 0.492 e. The molecule has 0 unspecified atom stereocenters. The van der Waals surface area contributed by atoms with Crippen molar-refractivity contribution in [1.29, 1.82) is 5.26 Å². The lowest BCUT2D eigenvalue weighted by atomic mass is 10.0. The standard InChI is InChI=1S/C29H26N6O/c1-20-25-10-13-34-28(25)7-6-27(20)35-29-23(16-30)18-33-19-26(29)22-2-4-24(5-3-22)36-15-14-32-17-21-8-11-31-12-9-21/h2-13,18-19,32,34H,14-15,17H2,1H3,(H,33,35). The van der Waals surface area contributed by atoms with Crippen molar-refractivity contribution >= 4 is 22.3 Å². The second-order valence-electron chi connectivity index (χ2n) is 8.43. The molecule has 0 fully saturated rings. The van der Waals surface area contributed by atoms with Gasteiger partial charge in [-0.15, -0.1) is 0 Å². The van der Waals surface area contributed by atoms with Crippen molar-refractivity contribution in [2.24, 2.45) is 0 Å². The van der Waals surface area contributed by atoms with Gasteiger partial charge in [0.15, 0.2) is 0 Å². The Morgan fingerprint density at radius 2 is 1.81 bits per heavy atom. The van der Waals surface area contributed by atoms with E-state index >= 15 is 0 Å². The number of hydrogen-bond acceptors (Lipinski definition) is 6. The maximum absolute atomic E-state index is 9.77. The summed E-state index contributed by atoms with van der Waals surface area (Å²) in [5, 5.41) is 17.8. The number of pyridine rings is 2. The van der Waals surface area contributed by atoms with Crippen LogP contribution in [-0.2, 0) is 6.54 Å². The van der Waals surface area contributed by atoms with E-state index in [9.17, 15) is 5.26 Å². The molecule has 0 saturated heterocycles. The van der Waals surface area contributed by atoms with E-state index in [1.807, 2.05) is 54.7 Å². The molecule has 7 nitrogen and oxygen atoms in total. The number of aryl methyl sites for hydroxylation is 1. The number of nitrogens with one attached hydrogen (secondary N) is 3. The van der Waals surface area contributed by atoms with Gasteiger partial charge in [-0.2, -0.15) is 5.26 Å². The van der Waals surface area contributed by atoms with Crippen LogP contribution in [0.2, 0.25) is 0 Å². The molecule has 36 heavy (non-hydrogen) atoms. The average Bonchev–Trinajstić information content (AvgIpc) is 3.41. The van der Waals surface area contributed by atoms with Gasteiger partial charge in [-0.1, -0.05) is 12.1 Å². The van der Waals surface area contributed by atoms with E-state index in [0.29, 0.717) is 12.2 Å². The molecule has 3 heterocycles. The highest BCUT2D eigenvalue weighted by Gasteiger charge is 2.14. The van der Waals surface area contributed by atoms with Crippen LogP contribution >= 0.6 is 0 Å². The van der Waals surface area contributed by atoms with Gasteiger partial charge in [0.05, 0.1) is 11.3 Å². The fourth-order valence-corrected chi connectivity index (χ4v) is 4.16. The van der Waals surface area contributed by atoms with Crippen LogP contribution in [0.1, 0.15) is 16.7 Å². The normalized spacial score (nSPS) is 10.8. The third-order valence-corrected chi connectivity index (χ3v) is 6.12. The van der Waals surface area contributed by atoms with Gasteiger partial charge >= 0.3 is 0 Å². The van der Waals surface area contributed by atoms with Crippen LogP contribution in [-0.4, -0.2) is 28.1 Å². The maximum Gasteiger partial charge on any atom is 0.119 e. The van der Waals surface area contributed by atoms with Crippen LogP contribution in [0.25, 0.3) is 22.0 Å². The smallest absolute Gasteiger partial charge is 0.119 e. The molecule has 0 bridgehead atoms. The maximum atomic E-state index is 9.77. The Hall–Kier alpha value is -4.67. The molecule has 0 radical (unpaired) electrons. The lowest BCUT2D eigenvalue weighted by Gasteiger charge is -2.16. The van der Waals surface area contributed by atoms with Crippen LogP contribution in [0.4, 0.5) is 11.4 Å². The molecule has 0 saturated carbocycles. The number of nitriles is 1. The predicted molar refractivity (Wildman–Crippen MR) is 142 cm³/mol. The Labute approximate surface area is 209 Å². The predicted octanol–water partition coefficient (Wildman–Crippen LogP) is 5.72. The van der Waals surface area contributed by atoms with Crippen LogP contribution in [0.3, 0.4) is 0 Å². The van der Waals surface area contributed by atoms with Gasteiger partial charge in [0, 0.05) is 66.2 Å². The molecule has 7 heteroatoms. The third-order valence-electron chi connectivity index (χ3n) is 6.12. The summed E-state index contributed by atoms with van der Waals surface area (Å²) in [4.78, 5) is 11.6. The number of rotatable bonds is 9. The van der Waals surface area contributed by atoms with Crippen LogP contribution < -0.4 is 15.4 Å². The minimum atomic E-state index is 0.488. The first-order chi connectivity index (χ1) is 17.7. The molecule has 5 aromatic rings. The highest BCUT2D eigenvalue weighted by Crippen LogP contribution is 2.35. The number of nitrogens with zero attached hydrogens (tertiary/aromatic N) is 3. The molecule has 0 amide bonds. The SMILES string of the molecule is Cc1c(Nc2c(C#N)cncc2-c2ccc(OCCNCc3ccncc3)cc2)ccc2[nH]ccc12. The van der Waals surface area contributed by atoms with Crippen molar-refractivity contribution in [1.82, 2.24) is 20.3 Å². The first kappa shape index (κ1) is 23.1. The molecule has 0 aliphatic rings. The van der Waals surface area contributed by atoms with Gasteiger partial charge in [-0.05, 0) is 66.1 Å². The Morgan fingerprint density at radius 1 is 0.972 bits per heavy atom. The Morgan fingerprint density at radius 3 is 2.61 bits per heavy atom. The molecule has 178 valence electrons. The molecular weight excluding hydrogens is 448 g/mol. The van der Waals surface area contributed by atoms with Crippen molar-refractivity contribution in [2.45, 2.75) is 13.5 Å². The minimum absolute atomic E-state index is 0.488. The monoisotopic (exact) mass is 474 g/mol. The van der Waals surface area contributed by atoms with Crippen LogP contribution in [0.15, 0.2) is 85.6 Å². The topological polar surface area (TPSA) is 98.7 Å². The van der Waals surface area contributed by atoms with Gasteiger partial charge in [-0.25, -0.2) is 0 Å². The summed E-state index contributed by atoms with van der Waals surface area (Å²) in [7, 11) is 0. The number of H-pyrrole nitrogens is 1. The Balaban J connectivity index is 1.29. The second-order valence-corrected chi connectivity index (χ2v) is 8.43. The summed E-state index contributed by atoms with van der Waals surface area (Å²) in [6.45, 7) is 4.14. The number of hydrogen-bond donors (Lipinski definition) is 3. The average molecular weight is 475 g/mol. The molecule has 0 aliphatic carbocycles. The number of aromatic amines is 1. The minimum Gasteiger partial charge on any atom is -0.492 e. The highest BCUT2D eigenvalue weighted by molar-refractivity contribution is 5.91. The van der Waals surface area contributed by atoms with E-state index in [-0.39, 0.29) is 0 Å². The summed E-state index contributed by atoms with van der Waals surface area (Å²) in [6.07, 6.45) is 8.89. The van der Waals surface area contributed by atoms with Crippen LogP contribution in [0, 0.1) is 18.3 Å². The number of benzene rings is 2. The van der Waals surface area contributed by atoms with Crippen molar-refractivity contribution in [2.75, 3.05) is 18.5 Å². The zero-order valence-electron chi connectivity index (χ0n) is 20.0. The quantitative estimate of drug-likeness (QED) is 0.237. The Bertz CT molecular complexity index is 1500. The summed E-state index contributed by atoms with van der Waals surface area (Å²) in [6, 6.07) is 20.2. The molecule has 2 aromatic carbocycles. The lowest BCUT2D eigenvalue weighted by molar-refractivity contribution is 0.313. The van der Waals surface area contributed by atoms with Gasteiger partial charge in [0.2, 0.25) is 0 Å². The molecule has 3 aromatic heterocycles. The van der Waals surface area contributed by atoms with Crippen molar-refractivity contribution in [3.8, 4) is 22.9 Å². The molecular formula is C29H26N6O. The van der Waals surface area contributed by atoms with Crippen molar-refractivity contribution < 1.29 is 4.74 Å². The first-order valence-electron chi connectivity index (χ1n) is 11.8. The number of ether oxygens (including phenoxy) is 1. The van der Waals surface area contributed by atoms with E-state index in [2.05, 4.69) is 44.6 Å². The van der Waals surface area contributed by atoms with E-state index in [4.69, 9.17) is 4.74 Å². The highest BCUT2D eigenvalue weighted by atomic mass is 16.5. The summed E-state index contributed by atoms with van der Waals surface area (Å²) >= 11 is 0. The zero-order chi connectivity index (χ0) is 24.7. The van der Waals surface area contributed by atoms with Crippen molar-refractivity contribution in [3.05, 3.63) is 102 Å². The van der Waals surface area contributed by atoms with Crippen LogP contribution in [0.5, 0.6) is 5.75 Å². The Kier molecular flexibility index (Phi) is 6.88. The van der Waals surface area contributed by atoms with E-state index in [0.717, 1.165) is 57.8 Å². The molecule has 0 spiro atoms. The van der Waals surface area contributed by atoms with E-state index in [1.165, 1.54) is 5.56 Å². The number of fused-ring (bicyclic) bond motifs is 1. The summed E-state index contributed by atoms with van der Waals surface area (Å²) in [5.74, 6) is 0.789. The second kappa shape index (κ2) is 10.7. The van der Waals surface area contributed by atoms with Gasteiger partial charge in [0.1, 0.15) is 18.4 Å². The van der Waals surface area contributed by atoms with Gasteiger partial charge < -0.3 is 20.4 Å². The fourth-order valence-electron chi connectivity index (χ4n) is 4.16.